The number of benzene rings is 1. The first-order chi connectivity index (χ1) is 9.00. The highest BCUT2D eigenvalue weighted by Gasteiger charge is 2.26. The topological polar surface area (TPSA) is 58.4 Å². The van der Waals surface area contributed by atoms with Gasteiger partial charge in [-0.05, 0) is 54.8 Å². The lowest BCUT2D eigenvalue weighted by Crippen LogP contribution is -2.54. The third-order valence-corrected chi connectivity index (χ3v) is 4.58. The van der Waals surface area contributed by atoms with Crippen LogP contribution in [0.3, 0.4) is 0 Å². The first kappa shape index (κ1) is 14.3. The number of nitrogens with two attached hydrogens (primary N) is 1. The maximum atomic E-state index is 12.3. The zero-order valence-electron chi connectivity index (χ0n) is 11.3. The molecule has 1 aliphatic heterocycles. The molecule has 19 heavy (non-hydrogen) atoms. The highest BCUT2D eigenvalue weighted by atomic mass is 79.9. The van der Waals surface area contributed by atoms with E-state index in [2.05, 4.69) is 40.2 Å². The van der Waals surface area contributed by atoms with Crippen molar-refractivity contribution in [1.29, 1.82) is 0 Å². The average molecular weight is 326 g/mol. The van der Waals surface area contributed by atoms with Gasteiger partial charge in [0.05, 0.1) is 10.0 Å². The number of rotatable bonds is 2. The quantitative estimate of drug-likeness (QED) is 0.822. The van der Waals surface area contributed by atoms with Gasteiger partial charge in [0.1, 0.15) is 0 Å². The van der Waals surface area contributed by atoms with E-state index in [1.165, 1.54) is 6.42 Å². The summed E-state index contributed by atoms with van der Waals surface area (Å²) in [6.45, 7) is 4.29. The van der Waals surface area contributed by atoms with Crippen molar-refractivity contribution in [2.75, 3.05) is 5.73 Å². The summed E-state index contributed by atoms with van der Waals surface area (Å²) in [6.07, 6.45) is 3.45. The average Bonchev–Trinajstić information content (AvgIpc) is 2.37. The van der Waals surface area contributed by atoms with Gasteiger partial charge in [-0.25, -0.2) is 5.01 Å². The van der Waals surface area contributed by atoms with Gasteiger partial charge in [-0.15, -0.1) is 0 Å². The fourth-order valence-corrected chi connectivity index (χ4v) is 2.99. The summed E-state index contributed by atoms with van der Waals surface area (Å²) < 4.78 is 0.657. The summed E-state index contributed by atoms with van der Waals surface area (Å²) in [5.74, 6) is -0.111. The Balaban J connectivity index is 2.14. The van der Waals surface area contributed by atoms with Crippen molar-refractivity contribution in [3.05, 3.63) is 28.2 Å². The van der Waals surface area contributed by atoms with Crippen LogP contribution in [0.2, 0.25) is 0 Å². The lowest BCUT2D eigenvalue weighted by Gasteiger charge is -2.38. The molecule has 0 saturated carbocycles. The molecule has 2 atom stereocenters. The molecule has 2 unspecified atom stereocenters. The lowest BCUT2D eigenvalue weighted by molar-refractivity contribution is 0.0369. The number of carbonyl (C=O) groups excluding carboxylic acids is 1. The van der Waals surface area contributed by atoms with E-state index >= 15 is 0 Å². The Bertz CT molecular complexity index is 468. The fraction of sp³-hybridized carbons (Fsp3) is 0.500. The van der Waals surface area contributed by atoms with Crippen LogP contribution < -0.4 is 11.2 Å². The number of nitrogens with zero attached hydrogens (tertiary/aromatic N) is 1. The molecule has 104 valence electrons. The molecule has 2 rings (SSSR count). The summed E-state index contributed by atoms with van der Waals surface area (Å²) in [5.41, 5.74) is 9.97. The van der Waals surface area contributed by atoms with Gasteiger partial charge < -0.3 is 5.73 Å². The van der Waals surface area contributed by atoms with E-state index in [-0.39, 0.29) is 5.91 Å². The van der Waals surface area contributed by atoms with Gasteiger partial charge in [0.15, 0.2) is 0 Å². The maximum absolute atomic E-state index is 12.3. The molecule has 3 N–H and O–H groups in total. The molecule has 0 bridgehead atoms. The molecule has 1 aromatic carbocycles. The monoisotopic (exact) mass is 325 g/mol. The van der Waals surface area contributed by atoms with Gasteiger partial charge in [-0.3, -0.25) is 10.2 Å². The standard InChI is InChI=1S/C14H20BrN3O/c1-9-5-3-6-10(2)18(9)17-14(19)11-7-4-8-12(16)13(11)15/h4,7-10H,3,5-6,16H2,1-2H3,(H,17,19). The van der Waals surface area contributed by atoms with Gasteiger partial charge in [-0.1, -0.05) is 12.5 Å². The van der Waals surface area contributed by atoms with Crippen LogP contribution in [-0.4, -0.2) is 23.0 Å². The fourth-order valence-electron chi connectivity index (χ4n) is 2.54. The van der Waals surface area contributed by atoms with Crippen molar-refractivity contribution in [2.45, 2.75) is 45.2 Å². The Labute approximate surface area is 122 Å². The van der Waals surface area contributed by atoms with Crippen LogP contribution in [0.25, 0.3) is 0 Å². The minimum atomic E-state index is -0.111. The van der Waals surface area contributed by atoms with Crippen molar-refractivity contribution in [2.24, 2.45) is 0 Å². The van der Waals surface area contributed by atoms with E-state index in [1.54, 1.807) is 18.2 Å². The second-order valence-corrected chi connectivity index (χ2v) is 5.98. The molecule has 1 saturated heterocycles. The van der Waals surface area contributed by atoms with Gasteiger partial charge in [-0.2, -0.15) is 0 Å². The molecule has 0 radical (unpaired) electrons. The Hall–Kier alpha value is -1.07. The molecule has 0 aliphatic carbocycles. The van der Waals surface area contributed by atoms with Gasteiger partial charge in [0, 0.05) is 17.8 Å². The van der Waals surface area contributed by atoms with E-state index in [9.17, 15) is 4.79 Å². The van der Waals surface area contributed by atoms with Crippen LogP contribution in [0.15, 0.2) is 22.7 Å². The SMILES string of the molecule is CC1CCCC(C)N1NC(=O)c1cccc(N)c1Br. The third-order valence-electron chi connectivity index (χ3n) is 3.70. The molecular weight excluding hydrogens is 306 g/mol. The number of hydrogen-bond donors (Lipinski definition) is 2. The molecule has 5 heteroatoms. The van der Waals surface area contributed by atoms with Crippen molar-refractivity contribution < 1.29 is 4.79 Å². The van der Waals surface area contributed by atoms with Crippen LogP contribution in [-0.2, 0) is 0 Å². The second-order valence-electron chi connectivity index (χ2n) is 5.19. The summed E-state index contributed by atoms with van der Waals surface area (Å²) in [4.78, 5) is 12.3. The number of halogens is 1. The van der Waals surface area contributed by atoms with E-state index in [0.717, 1.165) is 12.8 Å². The highest BCUT2D eigenvalue weighted by Crippen LogP contribution is 2.25. The van der Waals surface area contributed by atoms with Gasteiger partial charge >= 0.3 is 0 Å². The second kappa shape index (κ2) is 5.92. The van der Waals surface area contributed by atoms with E-state index < -0.39 is 0 Å². The predicted octanol–water partition coefficient (Wildman–Crippen LogP) is 2.94. The highest BCUT2D eigenvalue weighted by molar-refractivity contribution is 9.10. The Kier molecular flexibility index (Phi) is 4.47. The van der Waals surface area contributed by atoms with Crippen molar-refractivity contribution in [3.8, 4) is 0 Å². The number of nitrogen functional groups attached to an aromatic ring is 1. The first-order valence-electron chi connectivity index (χ1n) is 6.64. The predicted molar refractivity (Wildman–Crippen MR) is 80.6 cm³/mol. The number of amides is 1. The molecule has 0 aromatic heterocycles. The van der Waals surface area contributed by atoms with Crippen LogP contribution in [0.5, 0.6) is 0 Å². The summed E-state index contributed by atoms with van der Waals surface area (Å²) >= 11 is 3.37. The van der Waals surface area contributed by atoms with Crippen molar-refractivity contribution >= 4 is 27.5 Å². The molecule has 1 aromatic rings. The minimum Gasteiger partial charge on any atom is -0.398 e. The molecule has 0 spiro atoms. The van der Waals surface area contributed by atoms with E-state index in [4.69, 9.17) is 5.73 Å². The van der Waals surface area contributed by atoms with Crippen LogP contribution in [0.4, 0.5) is 5.69 Å². The van der Waals surface area contributed by atoms with E-state index in [1.807, 2.05) is 0 Å². The van der Waals surface area contributed by atoms with E-state index in [0.29, 0.717) is 27.8 Å². The Morgan fingerprint density at radius 3 is 2.63 bits per heavy atom. The number of hydrazine groups is 1. The number of piperidine rings is 1. The normalized spacial score (nSPS) is 24.2. The van der Waals surface area contributed by atoms with Crippen LogP contribution in [0.1, 0.15) is 43.5 Å². The largest absolute Gasteiger partial charge is 0.398 e. The van der Waals surface area contributed by atoms with Crippen LogP contribution >= 0.6 is 15.9 Å². The molecule has 1 amide bonds. The Morgan fingerprint density at radius 2 is 2.00 bits per heavy atom. The summed E-state index contributed by atoms with van der Waals surface area (Å²) in [6, 6.07) is 6.07. The first-order valence-corrected chi connectivity index (χ1v) is 7.43. The molecule has 1 heterocycles. The zero-order valence-corrected chi connectivity index (χ0v) is 12.9. The smallest absolute Gasteiger partial charge is 0.266 e. The number of anilines is 1. The number of hydrogen-bond acceptors (Lipinski definition) is 3. The summed E-state index contributed by atoms with van der Waals surface area (Å²) in [5, 5.41) is 2.06. The van der Waals surface area contributed by atoms with Crippen LogP contribution in [0, 0.1) is 0 Å². The minimum absolute atomic E-state index is 0.111. The number of nitrogens with one attached hydrogen (secondary N) is 1. The Morgan fingerprint density at radius 1 is 1.37 bits per heavy atom. The zero-order chi connectivity index (χ0) is 14.0. The molecule has 1 aliphatic rings. The third kappa shape index (κ3) is 3.09. The van der Waals surface area contributed by atoms with Gasteiger partial charge in [0.2, 0.25) is 0 Å². The van der Waals surface area contributed by atoms with Gasteiger partial charge in [0.25, 0.3) is 5.91 Å². The summed E-state index contributed by atoms with van der Waals surface area (Å²) in [7, 11) is 0. The molecule has 4 nitrogen and oxygen atoms in total. The van der Waals surface area contributed by atoms with Crippen molar-refractivity contribution in [3.63, 3.8) is 0 Å². The van der Waals surface area contributed by atoms with Crippen molar-refractivity contribution in [1.82, 2.24) is 10.4 Å². The lowest BCUT2D eigenvalue weighted by atomic mass is 10.00. The molecular formula is C14H20BrN3O. The maximum Gasteiger partial charge on any atom is 0.266 e. The molecule has 1 fully saturated rings. The number of carbonyl (C=O) groups is 1.